The van der Waals surface area contributed by atoms with Gasteiger partial charge in [-0.15, -0.1) is 0 Å². The second-order valence-corrected chi connectivity index (χ2v) is 5.55. The molecule has 0 spiro atoms. The average Bonchev–Trinajstić information content (AvgIpc) is 2.64. The van der Waals surface area contributed by atoms with E-state index in [0.717, 1.165) is 15.8 Å². The fourth-order valence-corrected chi connectivity index (χ4v) is 2.48. The third kappa shape index (κ3) is 2.93. The quantitative estimate of drug-likeness (QED) is 0.916. The number of furan rings is 1. The van der Waals surface area contributed by atoms with Gasteiger partial charge in [-0.2, -0.15) is 0 Å². The van der Waals surface area contributed by atoms with E-state index >= 15 is 0 Å². The lowest BCUT2D eigenvalue weighted by Crippen LogP contribution is -2.24. The molecule has 0 unspecified atom stereocenters. The molecule has 1 N–H and O–H groups in total. The van der Waals surface area contributed by atoms with Gasteiger partial charge in [0.2, 0.25) is 0 Å². The molecule has 0 fully saturated rings. The smallest absolute Gasteiger partial charge is 0.255 e. The minimum absolute atomic E-state index is 0.132. The molecule has 1 aromatic heterocycles. The number of halogens is 2. The van der Waals surface area contributed by atoms with Gasteiger partial charge in [-0.25, -0.2) is 4.39 Å². The van der Waals surface area contributed by atoms with Crippen molar-refractivity contribution in [2.24, 2.45) is 0 Å². The number of benzene rings is 1. The maximum Gasteiger partial charge on any atom is 0.255 e. The third-order valence-corrected chi connectivity index (χ3v) is 3.73. The Morgan fingerprint density at radius 1 is 1.30 bits per heavy atom. The molecular formula is C15H15BrFNO2. The van der Waals surface area contributed by atoms with Crippen LogP contribution in [0.4, 0.5) is 4.39 Å². The molecule has 0 aliphatic carbocycles. The number of carbonyl (C=O) groups excluding carboxylic acids is 1. The molecule has 0 saturated carbocycles. The van der Waals surface area contributed by atoms with Crippen LogP contribution < -0.4 is 5.32 Å². The summed E-state index contributed by atoms with van der Waals surface area (Å²) < 4.78 is 19.8. The topological polar surface area (TPSA) is 42.2 Å². The fourth-order valence-electron chi connectivity index (χ4n) is 2.07. The van der Waals surface area contributed by atoms with Crippen molar-refractivity contribution >= 4 is 21.8 Å². The first-order chi connectivity index (χ1) is 9.40. The SMILES string of the molecule is Cc1oc(C)c(C(=O)NCc2cc(Br)ccc2F)c1C. The van der Waals surface area contributed by atoms with Crippen molar-refractivity contribution in [1.29, 1.82) is 0 Å². The highest BCUT2D eigenvalue weighted by atomic mass is 79.9. The molecule has 3 nitrogen and oxygen atoms in total. The second-order valence-electron chi connectivity index (χ2n) is 4.63. The van der Waals surface area contributed by atoms with E-state index in [0.29, 0.717) is 16.9 Å². The van der Waals surface area contributed by atoms with E-state index in [-0.39, 0.29) is 18.3 Å². The first-order valence-corrected chi connectivity index (χ1v) is 6.98. The van der Waals surface area contributed by atoms with Gasteiger partial charge < -0.3 is 9.73 Å². The maximum absolute atomic E-state index is 13.6. The summed E-state index contributed by atoms with van der Waals surface area (Å²) in [5.74, 6) is 0.704. The fraction of sp³-hybridized carbons (Fsp3) is 0.267. The molecule has 0 radical (unpaired) electrons. The number of amides is 1. The lowest BCUT2D eigenvalue weighted by atomic mass is 10.1. The van der Waals surface area contributed by atoms with Crippen molar-refractivity contribution in [3.63, 3.8) is 0 Å². The number of hydrogen-bond donors (Lipinski definition) is 1. The Hall–Kier alpha value is -1.62. The van der Waals surface area contributed by atoms with Gasteiger partial charge in [0, 0.05) is 22.1 Å². The Morgan fingerprint density at radius 2 is 2.00 bits per heavy atom. The van der Waals surface area contributed by atoms with E-state index in [1.54, 1.807) is 19.1 Å². The largest absolute Gasteiger partial charge is 0.466 e. The molecule has 0 aliphatic heterocycles. The summed E-state index contributed by atoms with van der Waals surface area (Å²) in [6.07, 6.45) is 0. The van der Waals surface area contributed by atoms with Crippen LogP contribution in [0.1, 0.15) is 33.0 Å². The Balaban J connectivity index is 2.15. The third-order valence-electron chi connectivity index (χ3n) is 3.24. The van der Waals surface area contributed by atoms with Crippen LogP contribution in [0.5, 0.6) is 0 Å². The summed E-state index contributed by atoms with van der Waals surface area (Å²) in [5, 5.41) is 2.72. The molecule has 20 heavy (non-hydrogen) atoms. The first kappa shape index (κ1) is 14.8. The van der Waals surface area contributed by atoms with E-state index < -0.39 is 0 Å². The van der Waals surface area contributed by atoms with Gasteiger partial charge in [0.25, 0.3) is 5.91 Å². The van der Waals surface area contributed by atoms with Gasteiger partial charge >= 0.3 is 0 Å². The van der Waals surface area contributed by atoms with Crippen LogP contribution in [0.25, 0.3) is 0 Å². The molecular weight excluding hydrogens is 325 g/mol. The van der Waals surface area contributed by atoms with Crippen LogP contribution in [0, 0.1) is 26.6 Å². The molecule has 2 aromatic rings. The summed E-state index contributed by atoms with van der Waals surface area (Å²) >= 11 is 3.28. The van der Waals surface area contributed by atoms with Gasteiger partial charge in [0.15, 0.2) is 0 Å². The van der Waals surface area contributed by atoms with Crippen LogP contribution in [0.2, 0.25) is 0 Å². The Morgan fingerprint density at radius 3 is 2.60 bits per heavy atom. The zero-order chi connectivity index (χ0) is 14.9. The average molecular weight is 340 g/mol. The van der Waals surface area contributed by atoms with E-state index in [1.807, 2.05) is 13.8 Å². The standard InChI is InChI=1S/C15H15BrFNO2/c1-8-9(2)20-10(3)14(8)15(19)18-7-11-6-12(16)4-5-13(11)17/h4-6H,7H2,1-3H3,(H,18,19). The van der Waals surface area contributed by atoms with Crippen LogP contribution in [-0.4, -0.2) is 5.91 Å². The van der Waals surface area contributed by atoms with Crippen molar-refractivity contribution in [2.75, 3.05) is 0 Å². The van der Waals surface area contributed by atoms with E-state index in [2.05, 4.69) is 21.2 Å². The van der Waals surface area contributed by atoms with Gasteiger partial charge in [-0.3, -0.25) is 4.79 Å². The van der Waals surface area contributed by atoms with Gasteiger partial charge in [-0.1, -0.05) is 15.9 Å². The molecule has 1 aromatic carbocycles. The van der Waals surface area contributed by atoms with Gasteiger partial charge in [-0.05, 0) is 39.0 Å². The second kappa shape index (κ2) is 5.79. The highest BCUT2D eigenvalue weighted by molar-refractivity contribution is 9.10. The zero-order valence-corrected chi connectivity index (χ0v) is 13.1. The lowest BCUT2D eigenvalue weighted by molar-refractivity contribution is 0.0948. The predicted molar refractivity (Wildman–Crippen MR) is 78.2 cm³/mol. The number of carbonyl (C=O) groups is 1. The molecule has 5 heteroatoms. The molecule has 0 aliphatic rings. The maximum atomic E-state index is 13.6. The normalized spacial score (nSPS) is 10.7. The first-order valence-electron chi connectivity index (χ1n) is 6.19. The van der Waals surface area contributed by atoms with Crippen molar-refractivity contribution in [3.05, 3.63) is 56.7 Å². The van der Waals surface area contributed by atoms with E-state index in [4.69, 9.17) is 4.42 Å². The Labute approximate surface area is 125 Å². The van der Waals surface area contributed by atoms with E-state index in [1.165, 1.54) is 6.07 Å². The molecule has 1 amide bonds. The monoisotopic (exact) mass is 339 g/mol. The molecule has 0 saturated heterocycles. The lowest BCUT2D eigenvalue weighted by Gasteiger charge is -2.07. The van der Waals surface area contributed by atoms with Crippen molar-refractivity contribution in [2.45, 2.75) is 27.3 Å². The number of aryl methyl sites for hydroxylation is 2. The molecule has 0 atom stereocenters. The zero-order valence-electron chi connectivity index (χ0n) is 11.5. The summed E-state index contributed by atoms with van der Waals surface area (Å²) in [7, 11) is 0. The summed E-state index contributed by atoms with van der Waals surface area (Å²) in [4.78, 5) is 12.2. The number of rotatable bonds is 3. The molecule has 0 bridgehead atoms. The van der Waals surface area contributed by atoms with Gasteiger partial charge in [0.05, 0.1) is 5.56 Å². The molecule has 106 valence electrons. The number of nitrogens with one attached hydrogen (secondary N) is 1. The van der Waals surface area contributed by atoms with Crippen LogP contribution in [0.3, 0.4) is 0 Å². The minimum atomic E-state index is -0.342. The number of hydrogen-bond acceptors (Lipinski definition) is 2. The molecule has 1 heterocycles. The Kier molecular flexibility index (Phi) is 4.28. The van der Waals surface area contributed by atoms with Crippen molar-refractivity contribution in [1.82, 2.24) is 5.32 Å². The summed E-state index contributed by atoms with van der Waals surface area (Å²) in [5.41, 5.74) is 1.77. The van der Waals surface area contributed by atoms with Crippen molar-refractivity contribution in [3.8, 4) is 0 Å². The van der Waals surface area contributed by atoms with E-state index in [9.17, 15) is 9.18 Å². The molecule has 2 rings (SSSR count). The summed E-state index contributed by atoms with van der Waals surface area (Å²) in [6.45, 7) is 5.52. The van der Waals surface area contributed by atoms with Gasteiger partial charge in [0.1, 0.15) is 17.3 Å². The highest BCUT2D eigenvalue weighted by Crippen LogP contribution is 2.21. The van der Waals surface area contributed by atoms with Crippen LogP contribution >= 0.6 is 15.9 Å². The summed E-state index contributed by atoms with van der Waals surface area (Å²) in [6, 6.07) is 4.63. The minimum Gasteiger partial charge on any atom is -0.466 e. The Bertz CT molecular complexity index is 664. The van der Waals surface area contributed by atoms with Crippen LogP contribution in [-0.2, 0) is 6.54 Å². The van der Waals surface area contributed by atoms with Crippen molar-refractivity contribution < 1.29 is 13.6 Å². The predicted octanol–water partition coefficient (Wildman–Crippen LogP) is 4.04. The highest BCUT2D eigenvalue weighted by Gasteiger charge is 2.18. The van der Waals surface area contributed by atoms with Crippen LogP contribution in [0.15, 0.2) is 27.1 Å².